The second-order valence-corrected chi connectivity index (χ2v) is 7.98. The highest BCUT2D eigenvalue weighted by Gasteiger charge is 2.27. The molecule has 1 aliphatic rings. The molecule has 8 heteroatoms. The van der Waals surface area contributed by atoms with Crippen molar-refractivity contribution in [1.29, 1.82) is 0 Å². The lowest BCUT2D eigenvalue weighted by Crippen LogP contribution is -2.55. The van der Waals surface area contributed by atoms with E-state index in [0.717, 1.165) is 35.9 Å². The molecule has 1 saturated heterocycles. The number of piperazine rings is 1. The molecule has 8 nitrogen and oxygen atoms in total. The van der Waals surface area contributed by atoms with E-state index in [-0.39, 0.29) is 5.91 Å². The number of guanidine groups is 1. The fourth-order valence-corrected chi connectivity index (χ4v) is 3.82. The Morgan fingerprint density at radius 2 is 1.88 bits per heavy atom. The smallest absolute Gasteiger partial charge is 0.246 e. The molecule has 172 valence electrons. The molecule has 33 heavy (non-hydrogen) atoms. The molecule has 0 saturated carbocycles. The van der Waals surface area contributed by atoms with Crippen molar-refractivity contribution in [1.82, 2.24) is 20.0 Å². The zero-order valence-electron chi connectivity index (χ0n) is 19.1. The van der Waals surface area contributed by atoms with Crippen LogP contribution in [0.3, 0.4) is 0 Å². The second-order valence-electron chi connectivity index (χ2n) is 7.98. The summed E-state index contributed by atoms with van der Waals surface area (Å²) in [4.78, 5) is 20.8. The number of aromatic nitrogens is 2. The summed E-state index contributed by atoms with van der Waals surface area (Å²) in [6, 6.07) is 18.3. The van der Waals surface area contributed by atoms with Crippen molar-refractivity contribution in [3.8, 4) is 5.75 Å². The number of hydrogen-bond donors (Lipinski definition) is 1. The number of aliphatic imine (C=N–C) groups is 1. The van der Waals surface area contributed by atoms with Gasteiger partial charge in [-0.3, -0.25) is 14.5 Å². The quantitative estimate of drug-likeness (QED) is 0.446. The summed E-state index contributed by atoms with van der Waals surface area (Å²) in [5.41, 5.74) is 3.20. The van der Waals surface area contributed by atoms with Gasteiger partial charge in [-0.1, -0.05) is 42.5 Å². The lowest BCUT2D eigenvalue weighted by molar-refractivity contribution is -0.120. The Morgan fingerprint density at radius 1 is 1.09 bits per heavy atom. The van der Waals surface area contributed by atoms with Gasteiger partial charge in [0.05, 0.1) is 11.9 Å². The maximum atomic E-state index is 12.7. The van der Waals surface area contributed by atoms with Crippen molar-refractivity contribution >= 4 is 17.6 Å². The molecule has 2 aromatic carbocycles. The Balaban J connectivity index is 1.23. The van der Waals surface area contributed by atoms with Gasteiger partial charge in [0.1, 0.15) is 18.9 Å². The van der Waals surface area contributed by atoms with Crippen LogP contribution in [0, 0.1) is 0 Å². The number of benzene rings is 2. The first-order valence-corrected chi connectivity index (χ1v) is 11.1. The zero-order valence-corrected chi connectivity index (χ0v) is 19.1. The summed E-state index contributed by atoms with van der Waals surface area (Å²) in [6.45, 7) is 2.91. The minimum absolute atomic E-state index is 0.0447. The molecular formula is C25H30N6O2. The van der Waals surface area contributed by atoms with Gasteiger partial charge in [-0.2, -0.15) is 5.10 Å². The predicted octanol–water partition coefficient (Wildman–Crippen LogP) is 2.47. The third-order valence-corrected chi connectivity index (χ3v) is 5.60. The number of rotatable bonds is 7. The molecule has 0 radical (unpaired) electrons. The number of anilines is 1. The van der Waals surface area contributed by atoms with Crippen LogP contribution in [0.15, 0.2) is 72.0 Å². The molecule has 0 aliphatic carbocycles. The topological polar surface area (TPSA) is 75.0 Å². The summed E-state index contributed by atoms with van der Waals surface area (Å²) in [5.74, 6) is 1.65. The van der Waals surface area contributed by atoms with Gasteiger partial charge in [0.15, 0.2) is 5.96 Å². The number of hydrogen-bond acceptors (Lipinski definition) is 4. The number of aryl methyl sites for hydroxylation is 1. The predicted molar refractivity (Wildman–Crippen MR) is 129 cm³/mol. The van der Waals surface area contributed by atoms with Crippen molar-refractivity contribution in [2.45, 2.75) is 13.0 Å². The number of amides is 1. The van der Waals surface area contributed by atoms with E-state index in [2.05, 4.69) is 39.7 Å². The first-order valence-electron chi connectivity index (χ1n) is 11.1. The Morgan fingerprint density at radius 3 is 2.55 bits per heavy atom. The van der Waals surface area contributed by atoms with Gasteiger partial charge in [0, 0.05) is 39.9 Å². The maximum Gasteiger partial charge on any atom is 0.246 e. The average Bonchev–Trinajstić information content (AvgIpc) is 3.28. The Bertz CT molecular complexity index is 1080. The lowest BCUT2D eigenvalue weighted by Gasteiger charge is -2.35. The van der Waals surface area contributed by atoms with Crippen LogP contribution in [0.1, 0.15) is 11.1 Å². The standard InChI is InChI=1S/C25H30N6O2/c1-26-25(30-14-15-31(24(32)18-30)22-16-28-29(2)17-22)27-13-12-20-8-10-23(11-9-20)33-19-21-6-4-3-5-7-21/h3-11,16-17H,12-15,18-19H2,1-2H3,(H,26,27). The molecule has 1 fully saturated rings. The maximum absolute atomic E-state index is 12.7. The van der Waals surface area contributed by atoms with Crippen LogP contribution in [-0.4, -0.2) is 59.8 Å². The SMILES string of the molecule is CN=C(NCCc1ccc(OCc2ccccc2)cc1)N1CCN(c2cnn(C)c2)C(=O)C1. The third-order valence-electron chi connectivity index (χ3n) is 5.60. The van der Waals surface area contributed by atoms with Crippen molar-refractivity contribution in [2.75, 3.05) is 38.1 Å². The van der Waals surface area contributed by atoms with Crippen LogP contribution in [0.5, 0.6) is 5.75 Å². The highest BCUT2D eigenvalue weighted by molar-refractivity contribution is 5.98. The number of carbonyl (C=O) groups is 1. The van der Waals surface area contributed by atoms with E-state index in [4.69, 9.17) is 4.74 Å². The number of nitrogens with one attached hydrogen (secondary N) is 1. The van der Waals surface area contributed by atoms with Crippen molar-refractivity contribution in [3.63, 3.8) is 0 Å². The third kappa shape index (κ3) is 5.91. The van der Waals surface area contributed by atoms with E-state index in [1.54, 1.807) is 22.8 Å². The summed E-state index contributed by atoms with van der Waals surface area (Å²) < 4.78 is 7.56. The van der Waals surface area contributed by atoms with Gasteiger partial charge in [-0.25, -0.2) is 0 Å². The molecule has 0 atom stereocenters. The molecular weight excluding hydrogens is 416 g/mol. The molecule has 0 unspecified atom stereocenters. The summed E-state index contributed by atoms with van der Waals surface area (Å²) in [6.07, 6.45) is 4.43. The average molecular weight is 447 g/mol. The molecule has 4 rings (SSSR count). The fraction of sp³-hybridized carbons (Fsp3) is 0.320. The van der Waals surface area contributed by atoms with E-state index in [0.29, 0.717) is 26.2 Å². The Hall–Kier alpha value is -3.81. The molecule has 1 aliphatic heterocycles. The van der Waals surface area contributed by atoms with E-state index < -0.39 is 0 Å². The highest BCUT2D eigenvalue weighted by Crippen LogP contribution is 2.17. The van der Waals surface area contributed by atoms with E-state index >= 15 is 0 Å². The fourth-order valence-electron chi connectivity index (χ4n) is 3.82. The number of carbonyl (C=O) groups excluding carboxylic acids is 1. The highest BCUT2D eigenvalue weighted by atomic mass is 16.5. The van der Waals surface area contributed by atoms with Crippen LogP contribution in [-0.2, 0) is 24.9 Å². The van der Waals surface area contributed by atoms with Crippen molar-refractivity contribution in [3.05, 3.63) is 78.1 Å². The number of ether oxygens (including phenoxy) is 1. The van der Waals surface area contributed by atoms with Gasteiger partial charge in [0.2, 0.25) is 5.91 Å². The molecule has 1 aromatic heterocycles. The largest absolute Gasteiger partial charge is 0.489 e. The summed E-state index contributed by atoms with van der Waals surface area (Å²) >= 11 is 0. The van der Waals surface area contributed by atoms with Gasteiger partial charge >= 0.3 is 0 Å². The van der Waals surface area contributed by atoms with Crippen LogP contribution in [0.25, 0.3) is 0 Å². The van der Waals surface area contributed by atoms with Crippen LogP contribution in [0.2, 0.25) is 0 Å². The van der Waals surface area contributed by atoms with E-state index in [1.165, 1.54) is 5.56 Å². The van der Waals surface area contributed by atoms with Crippen LogP contribution in [0.4, 0.5) is 5.69 Å². The molecule has 0 bridgehead atoms. The first-order chi connectivity index (χ1) is 16.1. The molecule has 1 N–H and O–H groups in total. The van der Waals surface area contributed by atoms with E-state index in [9.17, 15) is 4.79 Å². The minimum atomic E-state index is 0.0447. The van der Waals surface area contributed by atoms with Crippen molar-refractivity contribution in [2.24, 2.45) is 12.0 Å². The summed E-state index contributed by atoms with van der Waals surface area (Å²) in [7, 11) is 3.60. The molecule has 3 aromatic rings. The zero-order chi connectivity index (χ0) is 23.0. The van der Waals surface area contributed by atoms with Crippen molar-refractivity contribution < 1.29 is 9.53 Å². The van der Waals surface area contributed by atoms with Gasteiger partial charge < -0.3 is 19.9 Å². The number of nitrogens with zero attached hydrogens (tertiary/aromatic N) is 5. The van der Waals surface area contributed by atoms with Gasteiger partial charge in [-0.05, 0) is 29.7 Å². The summed E-state index contributed by atoms with van der Waals surface area (Å²) in [5, 5.41) is 7.55. The Labute approximate surface area is 194 Å². The van der Waals surface area contributed by atoms with Crippen LogP contribution >= 0.6 is 0 Å². The molecule has 2 heterocycles. The normalized spacial score (nSPS) is 14.5. The van der Waals surface area contributed by atoms with Crippen LogP contribution < -0.4 is 15.0 Å². The van der Waals surface area contributed by atoms with Gasteiger partial charge in [0.25, 0.3) is 0 Å². The Kier molecular flexibility index (Phi) is 7.24. The van der Waals surface area contributed by atoms with Gasteiger partial charge in [-0.15, -0.1) is 0 Å². The molecule has 1 amide bonds. The van der Waals surface area contributed by atoms with E-state index in [1.807, 2.05) is 48.5 Å². The molecule has 0 spiro atoms. The monoisotopic (exact) mass is 446 g/mol. The first kappa shape index (κ1) is 22.4. The minimum Gasteiger partial charge on any atom is -0.489 e. The second kappa shape index (κ2) is 10.7. The lowest BCUT2D eigenvalue weighted by atomic mass is 10.1.